The predicted octanol–water partition coefficient (Wildman–Crippen LogP) is -0.395. The fourth-order valence-electron chi connectivity index (χ4n) is 3.07. The van der Waals surface area contributed by atoms with E-state index in [4.69, 9.17) is 10.5 Å². The van der Waals surface area contributed by atoms with Crippen molar-refractivity contribution >= 4 is 11.8 Å². The van der Waals surface area contributed by atoms with E-state index in [0.29, 0.717) is 32.5 Å². The molecule has 0 bridgehead atoms. The smallest absolute Gasteiger partial charge is 0.248 e. The molecule has 7 nitrogen and oxygen atoms in total. The first-order chi connectivity index (χ1) is 9.52. The number of amides is 2. The van der Waals surface area contributed by atoms with Gasteiger partial charge in [-0.2, -0.15) is 0 Å². The Hall–Kier alpha value is -1.89. The standard InChI is InChI=1S/C13H18N4O3/c1-9(18)16-5-2-13(3-6-16)12-15-4-7-17(12)8-10(20-13)11(14)19/h4,7,10H,2-3,5-6,8H2,1H3,(H2,14,19). The van der Waals surface area contributed by atoms with Gasteiger partial charge in [-0.3, -0.25) is 9.59 Å². The van der Waals surface area contributed by atoms with E-state index in [1.54, 1.807) is 18.0 Å². The van der Waals surface area contributed by atoms with Crippen LogP contribution in [0.5, 0.6) is 0 Å². The van der Waals surface area contributed by atoms with Crippen molar-refractivity contribution in [1.29, 1.82) is 0 Å². The molecule has 0 aromatic carbocycles. The summed E-state index contributed by atoms with van der Waals surface area (Å²) in [5, 5.41) is 0. The Kier molecular flexibility index (Phi) is 3.01. The molecule has 0 saturated carbocycles. The molecule has 20 heavy (non-hydrogen) atoms. The van der Waals surface area contributed by atoms with Gasteiger partial charge >= 0.3 is 0 Å². The molecule has 1 spiro atoms. The van der Waals surface area contributed by atoms with Crippen molar-refractivity contribution in [3.05, 3.63) is 18.2 Å². The first-order valence-corrected chi connectivity index (χ1v) is 6.76. The van der Waals surface area contributed by atoms with Crippen LogP contribution in [-0.4, -0.2) is 45.5 Å². The number of imidazole rings is 1. The Labute approximate surface area is 116 Å². The second kappa shape index (κ2) is 4.59. The molecule has 2 aliphatic rings. The van der Waals surface area contributed by atoms with Crippen LogP contribution in [0, 0.1) is 0 Å². The molecule has 2 N–H and O–H groups in total. The molecule has 1 fully saturated rings. The number of carbonyl (C=O) groups excluding carboxylic acids is 2. The molecule has 7 heteroatoms. The fraction of sp³-hybridized carbons (Fsp3) is 0.615. The van der Waals surface area contributed by atoms with Crippen LogP contribution in [0.3, 0.4) is 0 Å². The van der Waals surface area contributed by atoms with Gasteiger partial charge in [-0.1, -0.05) is 0 Å². The Morgan fingerprint density at radius 2 is 2.15 bits per heavy atom. The molecule has 1 saturated heterocycles. The SMILES string of the molecule is CC(=O)N1CCC2(CC1)OC(C(N)=O)Cn1ccnc12. The summed E-state index contributed by atoms with van der Waals surface area (Å²) in [5.41, 5.74) is 4.79. The maximum atomic E-state index is 11.5. The molecular weight excluding hydrogens is 260 g/mol. The zero-order valence-electron chi connectivity index (χ0n) is 11.4. The van der Waals surface area contributed by atoms with Crippen LogP contribution < -0.4 is 5.73 Å². The maximum absolute atomic E-state index is 11.5. The van der Waals surface area contributed by atoms with Gasteiger partial charge in [0, 0.05) is 45.2 Å². The number of piperidine rings is 1. The number of nitrogens with zero attached hydrogens (tertiary/aromatic N) is 3. The van der Waals surface area contributed by atoms with E-state index in [9.17, 15) is 9.59 Å². The lowest BCUT2D eigenvalue weighted by Crippen LogP contribution is -2.53. The van der Waals surface area contributed by atoms with E-state index < -0.39 is 17.6 Å². The molecular formula is C13H18N4O3. The van der Waals surface area contributed by atoms with Crippen LogP contribution in [0.2, 0.25) is 0 Å². The molecule has 0 radical (unpaired) electrons. The molecule has 1 unspecified atom stereocenters. The second-order valence-electron chi connectivity index (χ2n) is 5.41. The molecule has 1 atom stereocenters. The molecule has 3 heterocycles. The van der Waals surface area contributed by atoms with Gasteiger partial charge in [0.2, 0.25) is 11.8 Å². The number of carbonyl (C=O) groups is 2. The van der Waals surface area contributed by atoms with Crippen LogP contribution in [0.4, 0.5) is 0 Å². The summed E-state index contributed by atoms with van der Waals surface area (Å²) in [6.45, 7) is 3.18. The van der Waals surface area contributed by atoms with Gasteiger partial charge in [-0.05, 0) is 0 Å². The minimum Gasteiger partial charge on any atom is -0.367 e. The summed E-state index contributed by atoms with van der Waals surface area (Å²) in [6.07, 6.45) is 4.18. The average molecular weight is 278 g/mol. The lowest BCUT2D eigenvalue weighted by molar-refractivity contribution is -0.173. The third kappa shape index (κ3) is 1.98. The fourth-order valence-corrected chi connectivity index (χ4v) is 3.07. The first kappa shape index (κ1) is 13.1. The van der Waals surface area contributed by atoms with E-state index in [1.807, 2.05) is 10.8 Å². The van der Waals surface area contributed by atoms with Crippen molar-refractivity contribution in [3.63, 3.8) is 0 Å². The quantitative estimate of drug-likeness (QED) is 0.757. The lowest BCUT2D eigenvalue weighted by atomic mass is 9.88. The number of ether oxygens (including phenoxy) is 1. The zero-order chi connectivity index (χ0) is 14.3. The highest BCUT2D eigenvalue weighted by atomic mass is 16.5. The van der Waals surface area contributed by atoms with Crippen molar-refractivity contribution in [1.82, 2.24) is 14.5 Å². The number of aromatic nitrogens is 2. The van der Waals surface area contributed by atoms with Crippen molar-refractivity contribution in [3.8, 4) is 0 Å². The summed E-state index contributed by atoms with van der Waals surface area (Å²) in [7, 11) is 0. The largest absolute Gasteiger partial charge is 0.367 e. The third-order valence-corrected chi connectivity index (χ3v) is 4.19. The topological polar surface area (TPSA) is 90.5 Å². The minimum atomic E-state index is -0.638. The van der Waals surface area contributed by atoms with Gasteiger partial charge < -0.3 is 19.9 Å². The van der Waals surface area contributed by atoms with Crippen molar-refractivity contribution in [2.75, 3.05) is 13.1 Å². The van der Waals surface area contributed by atoms with Gasteiger partial charge in [0.1, 0.15) is 11.4 Å². The monoisotopic (exact) mass is 278 g/mol. The molecule has 108 valence electrons. The minimum absolute atomic E-state index is 0.0606. The van der Waals surface area contributed by atoms with Gasteiger partial charge in [-0.25, -0.2) is 4.98 Å². The number of primary amides is 1. The molecule has 2 amide bonds. The molecule has 2 aliphatic heterocycles. The summed E-state index contributed by atoms with van der Waals surface area (Å²) >= 11 is 0. The highest BCUT2D eigenvalue weighted by Crippen LogP contribution is 2.39. The second-order valence-corrected chi connectivity index (χ2v) is 5.41. The van der Waals surface area contributed by atoms with Gasteiger partial charge in [0.25, 0.3) is 0 Å². The number of likely N-dealkylation sites (tertiary alicyclic amines) is 1. The molecule has 0 aliphatic carbocycles. The van der Waals surface area contributed by atoms with Crippen LogP contribution in [0.25, 0.3) is 0 Å². The van der Waals surface area contributed by atoms with E-state index in [1.165, 1.54) is 0 Å². The van der Waals surface area contributed by atoms with Crippen LogP contribution in [0.15, 0.2) is 12.4 Å². The highest BCUT2D eigenvalue weighted by molar-refractivity contribution is 5.79. The Morgan fingerprint density at radius 3 is 2.75 bits per heavy atom. The molecule has 1 aromatic heterocycles. The Balaban J connectivity index is 1.89. The summed E-state index contributed by atoms with van der Waals surface area (Å²) in [6, 6.07) is 0. The van der Waals surface area contributed by atoms with Gasteiger partial charge in [0.05, 0.1) is 6.54 Å². The Bertz CT molecular complexity index is 546. The van der Waals surface area contributed by atoms with Crippen molar-refractivity contribution in [2.24, 2.45) is 5.73 Å². The van der Waals surface area contributed by atoms with Crippen LogP contribution in [-0.2, 0) is 26.5 Å². The Morgan fingerprint density at radius 1 is 1.45 bits per heavy atom. The first-order valence-electron chi connectivity index (χ1n) is 6.76. The van der Waals surface area contributed by atoms with Crippen LogP contribution in [0.1, 0.15) is 25.6 Å². The van der Waals surface area contributed by atoms with E-state index in [2.05, 4.69) is 4.98 Å². The van der Waals surface area contributed by atoms with Crippen LogP contribution >= 0.6 is 0 Å². The summed E-state index contributed by atoms with van der Waals surface area (Å²) in [5.74, 6) is 0.432. The highest BCUT2D eigenvalue weighted by Gasteiger charge is 2.46. The zero-order valence-corrected chi connectivity index (χ0v) is 11.4. The van der Waals surface area contributed by atoms with Crippen molar-refractivity contribution < 1.29 is 14.3 Å². The molecule has 1 aromatic rings. The lowest BCUT2D eigenvalue weighted by Gasteiger charge is -2.45. The number of rotatable bonds is 1. The van der Waals surface area contributed by atoms with Gasteiger partial charge in [0.15, 0.2) is 6.10 Å². The van der Waals surface area contributed by atoms with E-state index in [0.717, 1.165) is 5.82 Å². The summed E-state index contributed by atoms with van der Waals surface area (Å²) < 4.78 is 7.93. The normalized spacial score (nSPS) is 24.4. The molecule has 3 rings (SSSR count). The number of hydrogen-bond donors (Lipinski definition) is 1. The van der Waals surface area contributed by atoms with Crippen molar-refractivity contribution in [2.45, 2.75) is 38.0 Å². The van der Waals surface area contributed by atoms with E-state index in [-0.39, 0.29) is 5.91 Å². The number of nitrogens with two attached hydrogens (primary N) is 1. The van der Waals surface area contributed by atoms with E-state index >= 15 is 0 Å². The summed E-state index contributed by atoms with van der Waals surface area (Å²) in [4.78, 5) is 29.1. The van der Waals surface area contributed by atoms with Gasteiger partial charge in [-0.15, -0.1) is 0 Å². The average Bonchev–Trinajstić information content (AvgIpc) is 2.88. The third-order valence-electron chi connectivity index (χ3n) is 4.19. The maximum Gasteiger partial charge on any atom is 0.248 e. The number of fused-ring (bicyclic) bond motifs is 2. The number of hydrogen-bond acceptors (Lipinski definition) is 4. The predicted molar refractivity (Wildman–Crippen MR) is 69.5 cm³/mol.